The normalized spacial score (nSPS) is 9.70. The molecule has 0 spiro atoms. The van der Waals surface area contributed by atoms with Crippen molar-refractivity contribution < 1.29 is 4.79 Å². The van der Waals surface area contributed by atoms with Gasteiger partial charge in [-0.1, -0.05) is 17.9 Å². The molecule has 102 valence electrons. The number of thiophene rings is 1. The SMILES string of the molecule is CN(Cc1cc(C#CCN)cs1)C(=O)c1ccccn1. The van der Waals surface area contributed by atoms with Gasteiger partial charge in [0, 0.05) is 29.1 Å². The molecule has 0 aliphatic heterocycles. The molecule has 2 aromatic rings. The van der Waals surface area contributed by atoms with Gasteiger partial charge < -0.3 is 10.6 Å². The lowest BCUT2D eigenvalue weighted by Crippen LogP contribution is -2.26. The lowest BCUT2D eigenvalue weighted by molar-refractivity contribution is 0.0780. The summed E-state index contributed by atoms with van der Waals surface area (Å²) in [5.41, 5.74) is 6.73. The lowest BCUT2D eigenvalue weighted by Gasteiger charge is -2.15. The van der Waals surface area contributed by atoms with Crippen LogP contribution < -0.4 is 5.73 Å². The predicted octanol–water partition coefficient (Wildman–Crippen LogP) is 1.73. The number of nitrogens with two attached hydrogens (primary N) is 1. The molecule has 0 saturated heterocycles. The molecular weight excluding hydrogens is 270 g/mol. The summed E-state index contributed by atoms with van der Waals surface area (Å²) in [7, 11) is 1.77. The van der Waals surface area contributed by atoms with Gasteiger partial charge in [-0.2, -0.15) is 0 Å². The van der Waals surface area contributed by atoms with Crippen molar-refractivity contribution in [1.82, 2.24) is 9.88 Å². The van der Waals surface area contributed by atoms with Gasteiger partial charge in [-0.15, -0.1) is 11.3 Å². The molecule has 1 amide bonds. The highest BCUT2D eigenvalue weighted by Crippen LogP contribution is 2.16. The van der Waals surface area contributed by atoms with E-state index < -0.39 is 0 Å². The van der Waals surface area contributed by atoms with E-state index in [0.717, 1.165) is 10.4 Å². The zero-order chi connectivity index (χ0) is 14.4. The highest BCUT2D eigenvalue weighted by Gasteiger charge is 2.13. The zero-order valence-electron chi connectivity index (χ0n) is 11.2. The number of rotatable bonds is 3. The summed E-state index contributed by atoms with van der Waals surface area (Å²) < 4.78 is 0. The average molecular weight is 285 g/mol. The molecule has 2 rings (SSSR count). The molecule has 5 heteroatoms. The van der Waals surface area contributed by atoms with Gasteiger partial charge in [0.15, 0.2) is 0 Å². The van der Waals surface area contributed by atoms with Crippen LogP contribution in [0.15, 0.2) is 35.8 Å². The standard InChI is InChI=1S/C15H15N3OS/c1-18(15(19)14-6-2-3-8-17-14)10-13-9-12(11-20-13)5-4-7-16/h2-3,6,8-9,11H,7,10,16H2,1H3. The smallest absolute Gasteiger partial charge is 0.272 e. The summed E-state index contributed by atoms with van der Waals surface area (Å²) in [4.78, 5) is 18.9. The van der Waals surface area contributed by atoms with Crippen molar-refractivity contribution in [2.24, 2.45) is 5.73 Å². The van der Waals surface area contributed by atoms with E-state index in [1.165, 1.54) is 0 Å². The molecule has 0 aromatic carbocycles. The Hall–Kier alpha value is -2.16. The van der Waals surface area contributed by atoms with Crippen LogP contribution in [-0.2, 0) is 6.54 Å². The third kappa shape index (κ3) is 3.67. The average Bonchev–Trinajstić information content (AvgIpc) is 2.92. The van der Waals surface area contributed by atoms with Gasteiger partial charge >= 0.3 is 0 Å². The van der Waals surface area contributed by atoms with Gasteiger partial charge in [0.25, 0.3) is 5.91 Å². The van der Waals surface area contributed by atoms with Crippen molar-refractivity contribution in [2.45, 2.75) is 6.54 Å². The lowest BCUT2D eigenvalue weighted by atomic mass is 10.3. The van der Waals surface area contributed by atoms with Crippen molar-refractivity contribution in [1.29, 1.82) is 0 Å². The van der Waals surface area contributed by atoms with E-state index in [4.69, 9.17) is 5.73 Å². The maximum Gasteiger partial charge on any atom is 0.272 e. The molecule has 0 unspecified atom stereocenters. The molecule has 0 fully saturated rings. The van der Waals surface area contributed by atoms with Crippen molar-refractivity contribution in [3.63, 3.8) is 0 Å². The summed E-state index contributed by atoms with van der Waals surface area (Å²) in [6, 6.07) is 7.29. The fourth-order valence-electron chi connectivity index (χ4n) is 1.67. The molecule has 4 nitrogen and oxygen atoms in total. The van der Waals surface area contributed by atoms with Gasteiger partial charge in [-0.05, 0) is 18.2 Å². The van der Waals surface area contributed by atoms with E-state index in [1.807, 2.05) is 11.4 Å². The highest BCUT2D eigenvalue weighted by molar-refractivity contribution is 7.10. The second kappa shape index (κ2) is 6.85. The van der Waals surface area contributed by atoms with Gasteiger partial charge in [-0.25, -0.2) is 0 Å². The fraction of sp³-hybridized carbons (Fsp3) is 0.200. The molecule has 0 aliphatic rings. The first kappa shape index (κ1) is 14.3. The molecule has 0 bridgehead atoms. The maximum absolute atomic E-state index is 12.2. The molecule has 2 N–H and O–H groups in total. The van der Waals surface area contributed by atoms with Crippen LogP contribution in [0.1, 0.15) is 20.9 Å². The van der Waals surface area contributed by atoms with E-state index in [0.29, 0.717) is 18.8 Å². The van der Waals surface area contributed by atoms with E-state index >= 15 is 0 Å². The van der Waals surface area contributed by atoms with E-state index in [1.54, 1.807) is 47.7 Å². The largest absolute Gasteiger partial charge is 0.335 e. The van der Waals surface area contributed by atoms with E-state index in [9.17, 15) is 4.79 Å². The summed E-state index contributed by atoms with van der Waals surface area (Å²) in [6.45, 7) is 0.896. The second-order valence-electron chi connectivity index (χ2n) is 4.18. The Labute approximate surface area is 122 Å². The first-order valence-corrected chi connectivity index (χ1v) is 7.01. The Kier molecular flexibility index (Phi) is 4.88. The van der Waals surface area contributed by atoms with Crippen LogP contribution in [0.2, 0.25) is 0 Å². The number of pyridine rings is 1. The number of carbonyl (C=O) groups is 1. The molecule has 0 aliphatic carbocycles. The Balaban J connectivity index is 2.02. The van der Waals surface area contributed by atoms with Gasteiger partial charge in [-0.3, -0.25) is 9.78 Å². The monoisotopic (exact) mass is 285 g/mol. The number of nitrogens with zero attached hydrogens (tertiary/aromatic N) is 2. The molecular formula is C15H15N3OS. The summed E-state index contributed by atoms with van der Waals surface area (Å²) in [5, 5.41) is 1.97. The van der Waals surface area contributed by atoms with Crippen molar-refractivity contribution in [3.05, 3.63) is 52.0 Å². The quantitative estimate of drug-likeness (QED) is 0.874. The molecule has 0 atom stereocenters. The summed E-state index contributed by atoms with van der Waals surface area (Å²) in [5.74, 6) is 5.70. The predicted molar refractivity (Wildman–Crippen MR) is 80.3 cm³/mol. The topological polar surface area (TPSA) is 59.2 Å². The minimum atomic E-state index is -0.0893. The van der Waals surface area contributed by atoms with Gasteiger partial charge in [0.2, 0.25) is 0 Å². The Bertz CT molecular complexity index is 640. The molecule has 20 heavy (non-hydrogen) atoms. The number of carbonyl (C=O) groups excluding carboxylic acids is 1. The Morgan fingerprint density at radius 3 is 3.05 bits per heavy atom. The van der Waals surface area contributed by atoms with Gasteiger partial charge in [0.1, 0.15) is 5.69 Å². The van der Waals surface area contributed by atoms with Gasteiger partial charge in [0.05, 0.1) is 13.1 Å². The molecule has 2 aromatic heterocycles. The van der Waals surface area contributed by atoms with Crippen molar-refractivity contribution in [3.8, 4) is 11.8 Å². The first-order valence-electron chi connectivity index (χ1n) is 6.13. The second-order valence-corrected chi connectivity index (χ2v) is 5.18. The molecule has 0 radical (unpaired) electrons. The minimum absolute atomic E-state index is 0.0893. The van der Waals surface area contributed by atoms with Crippen LogP contribution in [0.5, 0.6) is 0 Å². The highest BCUT2D eigenvalue weighted by atomic mass is 32.1. The van der Waals surface area contributed by atoms with Crippen molar-refractivity contribution in [2.75, 3.05) is 13.6 Å². The number of hydrogen-bond donors (Lipinski definition) is 1. The maximum atomic E-state index is 12.2. The summed E-state index contributed by atoms with van der Waals surface area (Å²) in [6.07, 6.45) is 1.62. The third-order valence-corrected chi connectivity index (χ3v) is 3.53. The minimum Gasteiger partial charge on any atom is -0.335 e. The van der Waals surface area contributed by atoms with Crippen LogP contribution in [0.3, 0.4) is 0 Å². The van der Waals surface area contributed by atoms with E-state index in [2.05, 4.69) is 16.8 Å². The molecule has 0 saturated carbocycles. The molecule has 2 heterocycles. The Morgan fingerprint density at radius 1 is 1.50 bits per heavy atom. The Morgan fingerprint density at radius 2 is 2.35 bits per heavy atom. The zero-order valence-corrected chi connectivity index (χ0v) is 12.0. The number of amides is 1. The van der Waals surface area contributed by atoms with Crippen LogP contribution in [0.25, 0.3) is 0 Å². The van der Waals surface area contributed by atoms with E-state index in [-0.39, 0.29) is 5.91 Å². The van der Waals surface area contributed by atoms with Crippen LogP contribution in [0.4, 0.5) is 0 Å². The number of hydrogen-bond acceptors (Lipinski definition) is 4. The third-order valence-electron chi connectivity index (χ3n) is 2.61. The van der Waals surface area contributed by atoms with Crippen LogP contribution >= 0.6 is 11.3 Å². The number of aromatic nitrogens is 1. The summed E-state index contributed by atoms with van der Waals surface area (Å²) >= 11 is 1.58. The first-order chi connectivity index (χ1) is 9.70. The van der Waals surface area contributed by atoms with Crippen molar-refractivity contribution >= 4 is 17.2 Å². The van der Waals surface area contributed by atoms with Crippen LogP contribution in [0, 0.1) is 11.8 Å². The van der Waals surface area contributed by atoms with Crippen LogP contribution in [-0.4, -0.2) is 29.4 Å². The fourth-order valence-corrected chi connectivity index (χ4v) is 2.54.